The maximum atomic E-state index is 6.33. The van der Waals surface area contributed by atoms with Crippen molar-refractivity contribution in [1.82, 2.24) is 15.2 Å². The molecule has 124 valence electrons. The van der Waals surface area contributed by atoms with Crippen molar-refractivity contribution < 1.29 is 4.74 Å². The summed E-state index contributed by atoms with van der Waals surface area (Å²) in [6.45, 7) is 2.20. The molecule has 0 saturated heterocycles. The highest BCUT2D eigenvalue weighted by Gasteiger charge is 2.30. The van der Waals surface area contributed by atoms with E-state index >= 15 is 0 Å². The highest BCUT2D eigenvalue weighted by molar-refractivity contribution is 7.98. The van der Waals surface area contributed by atoms with E-state index in [1.165, 1.54) is 17.3 Å². The van der Waals surface area contributed by atoms with E-state index < -0.39 is 0 Å². The lowest BCUT2D eigenvalue weighted by Gasteiger charge is -2.29. The number of nitrogens with one attached hydrogen (secondary N) is 1. The van der Waals surface area contributed by atoms with Gasteiger partial charge in [0.05, 0.1) is 0 Å². The van der Waals surface area contributed by atoms with Crippen molar-refractivity contribution in [2.45, 2.75) is 37.6 Å². The maximum Gasteiger partial charge on any atom is 0.210 e. The Morgan fingerprint density at radius 3 is 2.92 bits per heavy atom. The number of thioether (sulfide) groups is 1. The molecule has 0 amide bonds. The number of fused-ring (bicyclic) bond motifs is 3. The number of ether oxygens (including phenoxy) is 1. The topological polar surface area (TPSA) is 59.9 Å². The van der Waals surface area contributed by atoms with E-state index in [0.29, 0.717) is 11.1 Å². The Balaban J connectivity index is 1.76. The molecule has 0 radical (unpaired) electrons. The van der Waals surface area contributed by atoms with Gasteiger partial charge in [-0.2, -0.15) is 0 Å². The van der Waals surface area contributed by atoms with Gasteiger partial charge in [0.1, 0.15) is 11.4 Å². The fourth-order valence-electron chi connectivity index (χ4n) is 3.22. The van der Waals surface area contributed by atoms with E-state index in [1.807, 2.05) is 30.5 Å². The van der Waals surface area contributed by atoms with E-state index in [9.17, 15) is 0 Å². The maximum absolute atomic E-state index is 6.33. The third-order valence-corrected chi connectivity index (χ3v) is 5.17. The molecule has 0 bridgehead atoms. The molecule has 5 nitrogen and oxygen atoms in total. The lowest BCUT2D eigenvalue weighted by molar-refractivity contribution is 0.152. The third-order valence-electron chi connectivity index (χ3n) is 4.63. The first-order valence-electron chi connectivity index (χ1n) is 8.21. The zero-order chi connectivity index (χ0) is 16.5. The summed E-state index contributed by atoms with van der Waals surface area (Å²) >= 11 is 1.49. The molecule has 1 aromatic heterocycles. The quantitative estimate of drug-likeness (QED) is 0.655. The van der Waals surface area contributed by atoms with Crippen LogP contribution in [0.5, 0.6) is 5.75 Å². The van der Waals surface area contributed by atoms with Crippen LogP contribution in [0.1, 0.15) is 26.2 Å². The molecular formula is C18H20N4OS. The Kier molecular flexibility index (Phi) is 4.14. The normalized spacial score (nSPS) is 22.3. The predicted molar refractivity (Wildman–Crippen MR) is 96.2 cm³/mol. The summed E-state index contributed by atoms with van der Waals surface area (Å²) in [4.78, 5) is 4.63. The van der Waals surface area contributed by atoms with Crippen molar-refractivity contribution in [1.29, 1.82) is 0 Å². The van der Waals surface area contributed by atoms with Gasteiger partial charge in [0.25, 0.3) is 0 Å². The van der Waals surface area contributed by atoms with Crippen molar-refractivity contribution in [3.8, 4) is 17.0 Å². The average Bonchev–Trinajstić information content (AvgIpc) is 2.78. The van der Waals surface area contributed by atoms with Crippen LogP contribution in [-0.4, -0.2) is 27.7 Å². The molecule has 1 aromatic carbocycles. The fraction of sp³-hybridized carbons (Fsp3) is 0.389. The van der Waals surface area contributed by atoms with Crippen LogP contribution in [0.15, 0.2) is 41.1 Å². The minimum absolute atomic E-state index is 0.108. The number of aromatic nitrogens is 3. The Morgan fingerprint density at radius 1 is 1.25 bits per heavy atom. The lowest BCUT2D eigenvalue weighted by Crippen LogP contribution is -2.35. The summed E-state index contributed by atoms with van der Waals surface area (Å²) in [5.74, 6) is 2.02. The van der Waals surface area contributed by atoms with Crippen LogP contribution in [0, 0.1) is 5.92 Å². The molecule has 1 aliphatic heterocycles. The molecule has 4 rings (SSSR count). The van der Waals surface area contributed by atoms with Crippen LogP contribution in [0.3, 0.4) is 0 Å². The van der Waals surface area contributed by atoms with Gasteiger partial charge in [0.15, 0.2) is 12.0 Å². The van der Waals surface area contributed by atoms with Crippen LogP contribution in [0.4, 0.5) is 5.82 Å². The number of nitrogens with zero attached hydrogens (tertiary/aromatic N) is 3. The van der Waals surface area contributed by atoms with Crippen LogP contribution >= 0.6 is 11.8 Å². The summed E-state index contributed by atoms with van der Waals surface area (Å²) in [7, 11) is 0. The SMILES string of the molecule is CSc1nnc2c(n1)N[C@@H]([C@@H]1CC=C(C)CC1)Oc1ccccc1-2. The molecule has 0 unspecified atom stereocenters. The van der Waals surface area contributed by atoms with Crippen LogP contribution in [0.2, 0.25) is 0 Å². The highest BCUT2D eigenvalue weighted by Crippen LogP contribution is 2.39. The molecule has 2 aliphatic rings. The Morgan fingerprint density at radius 2 is 2.12 bits per heavy atom. The van der Waals surface area contributed by atoms with Gasteiger partial charge in [0, 0.05) is 11.5 Å². The molecule has 24 heavy (non-hydrogen) atoms. The minimum atomic E-state index is -0.108. The number of allylic oxidation sites excluding steroid dienone is 2. The molecule has 0 spiro atoms. The first kappa shape index (κ1) is 15.4. The minimum Gasteiger partial charge on any atom is -0.470 e. The molecule has 2 atom stereocenters. The fourth-order valence-corrected chi connectivity index (χ4v) is 3.53. The van der Waals surface area contributed by atoms with Gasteiger partial charge in [-0.25, -0.2) is 4.98 Å². The average molecular weight is 340 g/mol. The zero-order valence-corrected chi connectivity index (χ0v) is 14.6. The first-order chi connectivity index (χ1) is 11.7. The van der Waals surface area contributed by atoms with Crippen molar-refractivity contribution in [2.75, 3.05) is 11.6 Å². The molecule has 0 saturated carbocycles. The van der Waals surface area contributed by atoms with E-state index in [4.69, 9.17) is 4.74 Å². The summed E-state index contributed by atoms with van der Waals surface area (Å²) in [5, 5.41) is 12.7. The van der Waals surface area contributed by atoms with Gasteiger partial charge in [-0.3, -0.25) is 0 Å². The van der Waals surface area contributed by atoms with E-state index in [1.54, 1.807) is 0 Å². The highest BCUT2D eigenvalue weighted by atomic mass is 32.2. The molecule has 2 aromatic rings. The summed E-state index contributed by atoms with van der Waals surface area (Å²) in [5.41, 5.74) is 3.17. The summed E-state index contributed by atoms with van der Waals surface area (Å²) in [6.07, 6.45) is 7.43. The van der Waals surface area contributed by atoms with Crippen molar-refractivity contribution in [3.63, 3.8) is 0 Å². The Labute approximate surface area is 145 Å². The van der Waals surface area contributed by atoms with E-state index in [-0.39, 0.29) is 6.23 Å². The van der Waals surface area contributed by atoms with Crippen LogP contribution in [0.25, 0.3) is 11.3 Å². The van der Waals surface area contributed by atoms with Gasteiger partial charge in [-0.15, -0.1) is 10.2 Å². The predicted octanol–water partition coefficient (Wildman–Crippen LogP) is 4.14. The number of para-hydroxylation sites is 1. The van der Waals surface area contributed by atoms with Gasteiger partial charge < -0.3 is 10.1 Å². The number of rotatable bonds is 2. The van der Waals surface area contributed by atoms with Gasteiger partial charge in [-0.1, -0.05) is 35.5 Å². The zero-order valence-electron chi connectivity index (χ0n) is 13.8. The molecular weight excluding hydrogens is 320 g/mol. The number of benzene rings is 1. The summed E-state index contributed by atoms with van der Waals surface area (Å²) < 4.78 is 6.33. The van der Waals surface area contributed by atoms with E-state index in [0.717, 1.165) is 42.1 Å². The number of anilines is 1. The molecule has 1 N–H and O–H groups in total. The van der Waals surface area contributed by atoms with Crippen LogP contribution in [-0.2, 0) is 0 Å². The summed E-state index contributed by atoms with van der Waals surface area (Å²) in [6, 6.07) is 7.98. The molecule has 0 fully saturated rings. The second kappa shape index (κ2) is 6.43. The number of hydrogen-bond acceptors (Lipinski definition) is 6. The molecule has 1 aliphatic carbocycles. The Bertz CT molecular complexity index is 792. The second-order valence-corrected chi connectivity index (χ2v) is 7.03. The third kappa shape index (κ3) is 2.86. The monoisotopic (exact) mass is 340 g/mol. The standard InChI is InChI=1S/C18H20N4OS/c1-11-7-9-12(10-8-11)17-19-16-15(21-22-18(20-16)24-2)13-5-3-4-6-14(13)23-17/h3-7,12,17H,8-10H2,1-2H3,(H,19,20,22)/t12-,17-/m1/s1. The van der Waals surface area contributed by atoms with Crippen molar-refractivity contribution in [3.05, 3.63) is 35.9 Å². The van der Waals surface area contributed by atoms with Gasteiger partial charge in [0.2, 0.25) is 5.16 Å². The van der Waals surface area contributed by atoms with Gasteiger partial charge >= 0.3 is 0 Å². The molecule has 6 heteroatoms. The molecule has 2 heterocycles. The number of hydrogen-bond donors (Lipinski definition) is 1. The van der Waals surface area contributed by atoms with Gasteiger partial charge in [-0.05, 0) is 44.6 Å². The first-order valence-corrected chi connectivity index (χ1v) is 9.44. The van der Waals surface area contributed by atoms with Crippen molar-refractivity contribution in [2.24, 2.45) is 5.92 Å². The lowest BCUT2D eigenvalue weighted by atomic mass is 9.89. The van der Waals surface area contributed by atoms with Crippen molar-refractivity contribution >= 4 is 17.6 Å². The second-order valence-electron chi connectivity index (χ2n) is 6.26. The smallest absolute Gasteiger partial charge is 0.210 e. The largest absolute Gasteiger partial charge is 0.470 e. The van der Waals surface area contributed by atoms with E-state index in [2.05, 4.69) is 33.5 Å². The van der Waals surface area contributed by atoms with Crippen LogP contribution < -0.4 is 10.1 Å². The Hall–Kier alpha value is -2.08.